The quantitative estimate of drug-likeness (QED) is 0.822. The molecular formula is C17H24N4O4S. The zero-order valence-electron chi connectivity index (χ0n) is 15.4. The number of benzene rings is 1. The number of sulfonamides is 1. The van der Waals surface area contributed by atoms with Gasteiger partial charge in [-0.15, -0.1) is 0 Å². The average Bonchev–Trinajstić information content (AvgIpc) is 2.96. The number of hydrogen-bond donors (Lipinski definition) is 1. The van der Waals surface area contributed by atoms with Gasteiger partial charge in [-0.1, -0.05) is 13.8 Å². The summed E-state index contributed by atoms with van der Waals surface area (Å²) >= 11 is 0. The molecule has 2 heterocycles. The van der Waals surface area contributed by atoms with Gasteiger partial charge in [-0.2, -0.15) is 5.10 Å². The zero-order valence-corrected chi connectivity index (χ0v) is 16.2. The second kappa shape index (κ2) is 7.24. The van der Waals surface area contributed by atoms with Crippen LogP contribution in [0.3, 0.4) is 0 Å². The number of rotatable bonds is 6. The van der Waals surface area contributed by atoms with E-state index in [0.29, 0.717) is 48.7 Å². The number of nitrogens with zero attached hydrogens (tertiary/aromatic N) is 3. The first-order valence-corrected chi connectivity index (χ1v) is 10.4. The van der Waals surface area contributed by atoms with Gasteiger partial charge in [-0.3, -0.25) is 0 Å². The summed E-state index contributed by atoms with van der Waals surface area (Å²) in [5.74, 6) is 2.92. The molecule has 8 nitrogen and oxygen atoms in total. The molecule has 142 valence electrons. The monoisotopic (exact) mass is 380 g/mol. The maximum Gasteiger partial charge on any atom is 0.209 e. The smallest absolute Gasteiger partial charge is 0.209 e. The van der Waals surface area contributed by atoms with E-state index in [4.69, 9.17) is 9.47 Å². The van der Waals surface area contributed by atoms with Crippen LogP contribution in [-0.2, 0) is 16.4 Å². The van der Waals surface area contributed by atoms with Crippen LogP contribution >= 0.6 is 0 Å². The summed E-state index contributed by atoms with van der Waals surface area (Å²) in [6.45, 7) is 6.93. The van der Waals surface area contributed by atoms with Gasteiger partial charge in [-0.05, 0) is 25.0 Å². The maximum atomic E-state index is 11.6. The van der Waals surface area contributed by atoms with Gasteiger partial charge in [0.05, 0.1) is 18.0 Å². The highest BCUT2D eigenvalue weighted by Crippen LogP contribution is 2.32. The van der Waals surface area contributed by atoms with Crippen molar-refractivity contribution in [2.24, 2.45) is 5.92 Å². The van der Waals surface area contributed by atoms with Crippen molar-refractivity contribution < 1.29 is 17.9 Å². The Kier molecular flexibility index (Phi) is 5.19. The SMILES string of the molecule is CC(C)Cc1nc([C@@H](C)NS(C)(=O)=O)n(-c2ccc3c(c2)OCCO3)n1. The fourth-order valence-electron chi connectivity index (χ4n) is 2.83. The third-order valence-electron chi connectivity index (χ3n) is 3.82. The molecule has 9 heteroatoms. The Labute approximate surface area is 153 Å². The molecule has 0 unspecified atom stereocenters. The average molecular weight is 380 g/mol. The minimum Gasteiger partial charge on any atom is -0.486 e. The van der Waals surface area contributed by atoms with E-state index in [0.717, 1.165) is 11.9 Å². The van der Waals surface area contributed by atoms with Crippen molar-refractivity contribution in [3.63, 3.8) is 0 Å². The molecule has 0 amide bonds. The van der Waals surface area contributed by atoms with Crippen molar-refractivity contribution in [3.8, 4) is 17.2 Å². The maximum absolute atomic E-state index is 11.6. The van der Waals surface area contributed by atoms with Crippen LogP contribution in [0.15, 0.2) is 18.2 Å². The molecule has 0 aliphatic carbocycles. The minimum atomic E-state index is -3.37. The summed E-state index contributed by atoms with van der Waals surface area (Å²) in [5.41, 5.74) is 0.744. The van der Waals surface area contributed by atoms with Gasteiger partial charge in [0.1, 0.15) is 19.0 Å². The molecular weight excluding hydrogens is 356 g/mol. The van der Waals surface area contributed by atoms with E-state index in [1.165, 1.54) is 0 Å². The summed E-state index contributed by atoms with van der Waals surface area (Å²) in [6, 6.07) is 5.00. The van der Waals surface area contributed by atoms with Crippen molar-refractivity contribution in [1.82, 2.24) is 19.5 Å². The van der Waals surface area contributed by atoms with Crippen LogP contribution < -0.4 is 14.2 Å². The van der Waals surface area contributed by atoms with E-state index >= 15 is 0 Å². The van der Waals surface area contributed by atoms with Crippen molar-refractivity contribution >= 4 is 10.0 Å². The van der Waals surface area contributed by atoms with Crippen LogP contribution in [-0.4, -0.2) is 42.7 Å². The first-order chi connectivity index (χ1) is 12.2. The van der Waals surface area contributed by atoms with E-state index in [-0.39, 0.29) is 0 Å². The molecule has 26 heavy (non-hydrogen) atoms. The van der Waals surface area contributed by atoms with E-state index < -0.39 is 16.1 Å². The van der Waals surface area contributed by atoms with Gasteiger partial charge in [0.2, 0.25) is 10.0 Å². The van der Waals surface area contributed by atoms with Gasteiger partial charge >= 0.3 is 0 Å². The van der Waals surface area contributed by atoms with Crippen molar-refractivity contribution in [3.05, 3.63) is 29.8 Å². The van der Waals surface area contributed by atoms with Crippen LogP contribution in [0.25, 0.3) is 5.69 Å². The Balaban J connectivity index is 2.02. The minimum absolute atomic E-state index is 0.386. The molecule has 3 rings (SSSR count). The Morgan fingerprint density at radius 2 is 1.88 bits per heavy atom. The van der Waals surface area contributed by atoms with E-state index in [1.54, 1.807) is 11.6 Å². The fraction of sp³-hybridized carbons (Fsp3) is 0.529. The molecule has 0 saturated heterocycles. The van der Waals surface area contributed by atoms with Crippen molar-refractivity contribution in [2.75, 3.05) is 19.5 Å². The number of ether oxygens (including phenoxy) is 2. The first kappa shape index (κ1) is 18.7. The summed E-state index contributed by atoms with van der Waals surface area (Å²) in [7, 11) is -3.37. The van der Waals surface area contributed by atoms with Crippen LogP contribution in [0.5, 0.6) is 11.5 Å². The molecule has 0 radical (unpaired) electrons. The highest BCUT2D eigenvalue weighted by atomic mass is 32.2. The number of fused-ring (bicyclic) bond motifs is 1. The molecule has 0 spiro atoms. The van der Waals surface area contributed by atoms with Gasteiger partial charge in [0.15, 0.2) is 17.3 Å². The van der Waals surface area contributed by atoms with Crippen molar-refractivity contribution in [1.29, 1.82) is 0 Å². The lowest BCUT2D eigenvalue weighted by atomic mass is 10.1. The lowest BCUT2D eigenvalue weighted by Gasteiger charge is -2.19. The van der Waals surface area contributed by atoms with Crippen LogP contribution in [0.4, 0.5) is 0 Å². The molecule has 0 bridgehead atoms. The summed E-state index contributed by atoms with van der Waals surface area (Å²) in [5, 5.41) is 4.59. The molecule has 0 saturated carbocycles. The highest BCUT2D eigenvalue weighted by Gasteiger charge is 2.22. The summed E-state index contributed by atoms with van der Waals surface area (Å²) in [4.78, 5) is 4.58. The second-order valence-corrected chi connectivity index (χ2v) is 8.62. The summed E-state index contributed by atoms with van der Waals surface area (Å²) < 4.78 is 38.7. The third-order valence-corrected chi connectivity index (χ3v) is 4.60. The zero-order chi connectivity index (χ0) is 18.9. The number of hydrogen-bond acceptors (Lipinski definition) is 6. The predicted octanol–water partition coefficient (Wildman–Crippen LogP) is 1.85. The topological polar surface area (TPSA) is 95.3 Å². The summed E-state index contributed by atoms with van der Waals surface area (Å²) in [6.07, 6.45) is 1.83. The lowest BCUT2D eigenvalue weighted by Crippen LogP contribution is -2.27. The Morgan fingerprint density at radius 1 is 1.19 bits per heavy atom. The van der Waals surface area contributed by atoms with E-state index in [2.05, 4.69) is 28.7 Å². The predicted molar refractivity (Wildman–Crippen MR) is 97.3 cm³/mol. The Bertz CT molecular complexity index is 892. The first-order valence-electron chi connectivity index (χ1n) is 8.56. The highest BCUT2D eigenvalue weighted by molar-refractivity contribution is 7.88. The molecule has 1 N–H and O–H groups in total. The Hall–Kier alpha value is -2.13. The van der Waals surface area contributed by atoms with Crippen molar-refractivity contribution in [2.45, 2.75) is 33.2 Å². The van der Waals surface area contributed by atoms with Crippen LogP contribution in [0.2, 0.25) is 0 Å². The molecule has 1 aromatic heterocycles. The molecule has 1 aliphatic heterocycles. The normalized spacial score (nSPS) is 15.3. The van der Waals surface area contributed by atoms with E-state index in [9.17, 15) is 8.42 Å². The fourth-order valence-corrected chi connectivity index (χ4v) is 3.58. The molecule has 1 aliphatic rings. The molecule has 1 aromatic carbocycles. The van der Waals surface area contributed by atoms with E-state index in [1.807, 2.05) is 18.2 Å². The molecule has 1 atom stereocenters. The second-order valence-electron chi connectivity index (χ2n) is 6.84. The van der Waals surface area contributed by atoms with Gasteiger partial charge in [-0.25, -0.2) is 22.8 Å². The number of aromatic nitrogens is 3. The van der Waals surface area contributed by atoms with Gasteiger partial charge < -0.3 is 9.47 Å². The van der Waals surface area contributed by atoms with Gasteiger partial charge in [0, 0.05) is 12.5 Å². The van der Waals surface area contributed by atoms with Crippen LogP contribution in [0.1, 0.15) is 38.5 Å². The third kappa shape index (κ3) is 4.34. The lowest BCUT2D eigenvalue weighted by molar-refractivity contribution is 0.171. The van der Waals surface area contributed by atoms with Gasteiger partial charge in [0.25, 0.3) is 0 Å². The molecule has 0 fully saturated rings. The number of nitrogens with one attached hydrogen (secondary N) is 1. The molecule has 2 aromatic rings. The standard InChI is InChI=1S/C17H24N4O4S/c1-11(2)9-16-18-17(12(3)20-26(4,22)23)21(19-16)13-5-6-14-15(10-13)25-8-7-24-14/h5-6,10-12,20H,7-9H2,1-4H3/t12-/m1/s1. The van der Waals surface area contributed by atoms with Crippen LogP contribution in [0, 0.1) is 5.92 Å². The Morgan fingerprint density at radius 3 is 2.54 bits per heavy atom. The largest absolute Gasteiger partial charge is 0.486 e.